The molecule has 1 amide bonds. The Balaban J connectivity index is 2.24. The summed E-state index contributed by atoms with van der Waals surface area (Å²) in [7, 11) is 0. The minimum atomic E-state index is -0.435. The SMILES string of the molecule is Cc1cc(C(=O)Nc2sc(C)cc2C(=O)OC(C)C)c(C)o1. The molecular formula is C16H19NO4S. The Kier molecular flexibility index (Phi) is 4.71. The highest BCUT2D eigenvalue weighted by Crippen LogP contribution is 2.29. The first-order valence-electron chi connectivity index (χ1n) is 6.97. The van der Waals surface area contributed by atoms with Crippen LogP contribution in [0.1, 0.15) is 51.0 Å². The minimum Gasteiger partial charge on any atom is -0.466 e. The molecule has 2 heterocycles. The van der Waals surface area contributed by atoms with E-state index in [1.165, 1.54) is 11.3 Å². The Bertz CT molecular complexity index is 712. The van der Waals surface area contributed by atoms with Crippen LogP contribution in [-0.4, -0.2) is 18.0 Å². The largest absolute Gasteiger partial charge is 0.466 e. The van der Waals surface area contributed by atoms with E-state index in [4.69, 9.17) is 9.15 Å². The minimum absolute atomic E-state index is 0.213. The molecule has 0 radical (unpaired) electrons. The summed E-state index contributed by atoms with van der Waals surface area (Å²) in [5.41, 5.74) is 0.842. The van der Waals surface area contributed by atoms with Crippen LogP contribution in [0.15, 0.2) is 16.5 Å². The van der Waals surface area contributed by atoms with E-state index in [0.717, 1.165) is 4.88 Å². The van der Waals surface area contributed by atoms with Gasteiger partial charge in [0, 0.05) is 4.88 Å². The number of nitrogens with one attached hydrogen (secondary N) is 1. The molecule has 0 aromatic carbocycles. The molecule has 0 saturated heterocycles. The Morgan fingerprint density at radius 1 is 1.18 bits per heavy atom. The van der Waals surface area contributed by atoms with E-state index in [-0.39, 0.29) is 12.0 Å². The van der Waals surface area contributed by atoms with Gasteiger partial charge in [-0.2, -0.15) is 0 Å². The lowest BCUT2D eigenvalue weighted by Crippen LogP contribution is -2.16. The highest BCUT2D eigenvalue weighted by molar-refractivity contribution is 7.16. The molecule has 2 aromatic rings. The van der Waals surface area contributed by atoms with E-state index < -0.39 is 5.97 Å². The lowest BCUT2D eigenvalue weighted by atomic mass is 10.2. The number of esters is 1. The summed E-state index contributed by atoms with van der Waals surface area (Å²) in [6.45, 7) is 8.96. The molecule has 5 nitrogen and oxygen atoms in total. The number of rotatable bonds is 4. The smallest absolute Gasteiger partial charge is 0.341 e. The zero-order chi connectivity index (χ0) is 16.4. The maximum absolute atomic E-state index is 12.3. The summed E-state index contributed by atoms with van der Waals surface area (Å²) in [6, 6.07) is 3.40. The van der Waals surface area contributed by atoms with Crippen molar-refractivity contribution in [1.82, 2.24) is 0 Å². The van der Waals surface area contributed by atoms with Gasteiger partial charge in [0.1, 0.15) is 16.5 Å². The number of carbonyl (C=O) groups excluding carboxylic acids is 2. The fraction of sp³-hybridized carbons (Fsp3) is 0.375. The number of aryl methyl sites for hydroxylation is 3. The van der Waals surface area contributed by atoms with Crippen LogP contribution in [0.4, 0.5) is 5.00 Å². The highest BCUT2D eigenvalue weighted by Gasteiger charge is 2.21. The number of furan rings is 1. The van der Waals surface area contributed by atoms with Crippen molar-refractivity contribution in [3.8, 4) is 0 Å². The third-order valence-corrected chi connectivity index (χ3v) is 3.90. The highest BCUT2D eigenvalue weighted by atomic mass is 32.1. The first kappa shape index (κ1) is 16.3. The molecule has 0 saturated carbocycles. The second-order valence-corrected chi connectivity index (χ2v) is 6.59. The first-order chi connectivity index (χ1) is 10.3. The number of hydrogen-bond donors (Lipinski definition) is 1. The molecule has 0 bridgehead atoms. The quantitative estimate of drug-likeness (QED) is 0.861. The van der Waals surface area contributed by atoms with Crippen molar-refractivity contribution in [3.63, 3.8) is 0 Å². The predicted molar refractivity (Wildman–Crippen MR) is 85.7 cm³/mol. The van der Waals surface area contributed by atoms with Crippen LogP contribution in [-0.2, 0) is 4.74 Å². The number of anilines is 1. The fourth-order valence-electron chi connectivity index (χ4n) is 2.06. The van der Waals surface area contributed by atoms with Crippen molar-refractivity contribution >= 4 is 28.2 Å². The normalized spacial score (nSPS) is 10.8. The molecule has 2 rings (SSSR count). The monoisotopic (exact) mass is 321 g/mol. The molecule has 2 aromatic heterocycles. The van der Waals surface area contributed by atoms with Crippen molar-refractivity contribution in [3.05, 3.63) is 39.7 Å². The molecule has 0 aliphatic heterocycles. The number of hydrogen-bond acceptors (Lipinski definition) is 5. The Hall–Kier alpha value is -2.08. The van der Waals surface area contributed by atoms with Crippen molar-refractivity contribution in [2.24, 2.45) is 0 Å². The van der Waals surface area contributed by atoms with Crippen molar-refractivity contribution in [2.75, 3.05) is 5.32 Å². The first-order valence-corrected chi connectivity index (χ1v) is 7.79. The van der Waals surface area contributed by atoms with E-state index in [2.05, 4.69) is 5.32 Å². The average molecular weight is 321 g/mol. The zero-order valence-electron chi connectivity index (χ0n) is 13.3. The summed E-state index contributed by atoms with van der Waals surface area (Å²) in [5.74, 6) is 0.489. The van der Waals surface area contributed by atoms with Gasteiger partial charge in [-0.15, -0.1) is 11.3 Å². The maximum atomic E-state index is 12.3. The molecule has 118 valence electrons. The topological polar surface area (TPSA) is 68.5 Å². The molecular weight excluding hydrogens is 302 g/mol. The van der Waals surface area contributed by atoms with Crippen LogP contribution >= 0.6 is 11.3 Å². The van der Waals surface area contributed by atoms with Gasteiger partial charge in [-0.05, 0) is 46.8 Å². The van der Waals surface area contributed by atoms with Gasteiger partial charge < -0.3 is 14.5 Å². The van der Waals surface area contributed by atoms with Gasteiger partial charge in [0.05, 0.1) is 17.2 Å². The summed E-state index contributed by atoms with van der Waals surface area (Å²) in [6.07, 6.45) is -0.213. The Labute approximate surface area is 133 Å². The van der Waals surface area contributed by atoms with Gasteiger partial charge in [-0.25, -0.2) is 4.79 Å². The van der Waals surface area contributed by atoms with Crippen molar-refractivity contribution < 1.29 is 18.7 Å². The summed E-state index contributed by atoms with van der Waals surface area (Å²) >= 11 is 1.34. The predicted octanol–water partition coefficient (Wildman–Crippen LogP) is 4.08. The summed E-state index contributed by atoms with van der Waals surface area (Å²) < 4.78 is 10.6. The number of ether oxygens (including phenoxy) is 1. The van der Waals surface area contributed by atoms with E-state index in [9.17, 15) is 9.59 Å². The van der Waals surface area contributed by atoms with Crippen LogP contribution in [0.25, 0.3) is 0 Å². The van der Waals surface area contributed by atoms with Gasteiger partial charge in [0.25, 0.3) is 5.91 Å². The van der Waals surface area contributed by atoms with E-state index in [1.807, 2.05) is 6.92 Å². The van der Waals surface area contributed by atoms with Crippen molar-refractivity contribution in [2.45, 2.75) is 40.7 Å². The van der Waals surface area contributed by atoms with Crippen LogP contribution in [0.3, 0.4) is 0 Å². The van der Waals surface area contributed by atoms with Crippen LogP contribution in [0.5, 0.6) is 0 Å². The van der Waals surface area contributed by atoms with Gasteiger partial charge in [0.15, 0.2) is 0 Å². The lowest BCUT2D eigenvalue weighted by Gasteiger charge is -2.09. The van der Waals surface area contributed by atoms with Crippen LogP contribution in [0, 0.1) is 20.8 Å². The number of carbonyl (C=O) groups is 2. The molecule has 1 N–H and O–H groups in total. The molecule has 0 aliphatic carbocycles. The molecule has 0 spiro atoms. The maximum Gasteiger partial charge on any atom is 0.341 e. The Morgan fingerprint density at radius 2 is 1.86 bits per heavy atom. The second kappa shape index (κ2) is 6.36. The zero-order valence-corrected chi connectivity index (χ0v) is 14.1. The van der Waals surface area contributed by atoms with Gasteiger partial charge >= 0.3 is 5.97 Å². The molecule has 0 atom stereocenters. The van der Waals surface area contributed by atoms with Crippen LogP contribution < -0.4 is 5.32 Å². The number of amides is 1. The third kappa shape index (κ3) is 3.57. The molecule has 0 aliphatic rings. The second-order valence-electron chi connectivity index (χ2n) is 5.33. The fourth-order valence-corrected chi connectivity index (χ4v) is 2.96. The van der Waals surface area contributed by atoms with E-state index in [0.29, 0.717) is 27.6 Å². The summed E-state index contributed by atoms with van der Waals surface area (Å²) in [5, 5.41) is 3.27. The van der Waals surface area contributed by atoms with Gasteiger partial charge in [0.2, 0.25) is 0 Å². The molecule has 0 unspecified atom stereocenters. The van der Waals surface area contributed by atoms with E-state index in [1.54, 1.807) is 39.8 Å². The van der Waals surface area contributed by atoms with E-state index >= 15 is 0 Å². The lowest BCUT2D eigenvalue weighted by molar-refractivity contribution is 0.0379. The Morgan fingerprint density at radius 3 is 2.41 bits per heavy atom. The third-order valence-electron chi connectivity index (χ3n) is 2.93. The van der Waals surface area contributed by atoms with Crippen molar-refractivity contribution in [1.29, 1.82) is 0 Å². The standard InChI is InChI=1S/C16H19NO4S/c1-8(2)20-16(19)13-7-10(4)22-15(13)17-14(18)12-6-9(3)21-11(12)5/h6-8H,1-5H3,(H,17,18). The van der Waals surface area contributed by atoms with Gasteiger partial charge in [-0.1, -0.05) is 0 Å². The average Bonchev–Trinajstić information content (AvgIpc) is 2.91. The van der Waals surface area contributed by atoms with Gasteiger partial charge in [-0.3, -0.25) is 4.79 Å². The molecule has 6 heteroatoms. The molecule has 22 heavy (non-hydrogen) atoms. The molecule has 0 fully saturated rings. The van der Waals surface area contributed by atoms with Crippen LogP contribution in [0.2, 0.25) is 0 Å². The summed E-state index contributed by atoms with van der Waals surface area (Å²) in [4.78, 5) is 25.4. The number of thiophene rings is 1.